The third kappa shape index (κ3) is 2.35. The van der Waals surface area contributed by atoms with E-state index >= 15 is 0 Å². The maximum absolute atomic E-state index is 5.34. The second-order valence-electron chi connectivity index (χ2n) is 4.24. The zero-order valence-electron chi connectivity index (χ0n) is 9.89. The maximum Gasteiger partial charge on any atom is 0.101 e. The van der Waals surface area contributed by atoms with E-state index in [1.54, 1.807) is 11.3 Å². The molecule has 18 heavy (non-hydrogen) atoms. The molecule has 0 saturated heterocycles. The lowest BCUT2D eigenvalue weighted by molar-refractivity contribution is 0.531. The molecule has 1 atom stereocenters. The molecule has 0 aliphatic rings. The van der Waals surface area contributed by atoms with Crippen molar-refractivity contribution in [3.63, 3.8) is 0 Å². The second kappa shape index (κ2) is 4.86. The molecule has 2 heterocycles. The first-order valence-electron chi connectivity index (χ1n) is 5.76. The molecule has 3 rings (SSSR count). The van der Waals surface area contributed by atoms with Gasteiger partial charge in [0.1, 0.15) is 5.76 Å². The van der Waals surface area contributed by atoms with Gasteiger partial charge < -0.3 is 4.42 Å². The molecule has 0 aliphatic carbocycles. The lowest BCUT2D eigenvalue weighted by atomic mass is 10.2. The minimum absolute atomic E-state index is 0.260. The summed E-state index contributed by atoms with van der Waals surface area (Å²) in [7, 11) is 0. The molecule has 3 aromatic rings. The van der Waals surface area contributed by atoms with Crippen LogP contribution in [0.5, 0.6) is 0 Å². The summed E-state index contributed by atoms with van der Waals surface area (Å²) in [6.07, 6.45) is 2.69. The van der Waals surface area contributed by atoms with Crippen molar-refractivity contribution in [2.75, 3.05) is 0 Å². The van der Waals surface area contributed by atoms with Gasteiger partial charge in [-0.2, -0.15) is 0 Å². The van der Waals surface area contributed by atoms with Crippen molar-refractivity contribution >= 4 is 37.5 Å². The van der Waals surface area contributed by atoms with Gasteiger partial charge in [0, 0.05) is 16.8 Å². The number of para-hydroxylation sites is 1. The first-order chi connectivity index (χ1) is 8.72. The normalized spacial score (nSPS) is 13.0. The molecule has 0 spiro atoms. The van der Waals surface area contributed by atoms with Crippen molar-refractivity contribution in [2.45, 2.75) is 18.2 Å². The molecule has 4 heteroatoms. The third-order valence-electron chi connectivity index (χ3n) is 2.80. The number of nitrogens with zero attached hydrogens (tertiary/aromatic N) is 1. The van der Waals surface area contributed by atoms with Crippen LogP contribution in [0.2, 0.25) is 0 Å². The Morgan fingerprint density at radius 3 is 2.94 bits per heavy atom. The summed E-state index contributed by atoms with van der Waals surface area (Å²) < 4.78 is 6.58. The summed E-state index contributed by atoms with van der Waals surface area (Å²) in [5.74, 6) is 0.943. The fourth-order valence-corrected chi connectivity index (χ4v) is 3.68. The highest BCUT2D eigenvalue weighted by Gasteiger charge is 2.13. The quantitative estimate of drug-likeness (QED) is 0.643. The number of furan rings is 1. The zero-order chi connectivity index (χ0) is 12.5. The van der Waals surface area contributed by atoms with Crippen molar-refractivity contribution < 1.29 is 4.42 Å². The van der Waals surface area contributed by atoms with Gasteiger partial charge in [-0.1, -0.05) is 28.1 Å². The summed E-state index contributed by atoms with van der Waals surface area (Å²) in [4.78, 5) is 4.90. The fraction of sp³-hybridized carbons (Fsp3) is 0.214. The lowest BCUT2D eigenvalue weighted by Crippen LogP contribution is -1.92. The van der Waals surface area contributed by atoms with Crippen molar-refractivity contribution in [3.8, 4) is 0 Å². The highest BCUT2D eigenvalue weighted by atomic mass is 79.9. The highest BCUT2D eigenvalue weighted by molar-refractivity contribution is 9.09. The number of benzene rings is 1. The standard InChI is InChI=1S/C14H12BrNOS/c1-9-6-10(8-17-9)11(15)7-14-16-12-4-2-3-5-13(12)18-14/h2-6,8,11H,7H2,1H3. The van der Waals surface area contributed by atoms with Crippen LogP contribution in [0.3, 0.4) is 0 Å². The van der Waals surface area contributed by atoms with E-state index in [4.69, 9.17) is 4.42 Å². The molecule has 0 aliphatic heterocycles. The minimum atomic E-state index is 0.260. The Hall–Kier alpha value is -1.13. The molecule has 0 N–H and O–H groups in total. The number of rotatable bonds is 3. The van der Waals surface area contributed by atoms with E-state index in [9.17, 15) is 0 Å². The van der Waals surface area contributed by atoms with Gasteiger partial charge in [-0.3, -0.25) is 0 Å². The van der Waals surface area contributed by atoms with Gasteiger partial charge in [-0.05, 0) is 25.1 Å². The predicted molar refractivity (Wildman–Crippen MR) is 78.4 cm³/mol. The number of alkyl halides is 1. The highest BCUT2D eigenvalue weighted by Crippen LogP contribution is 2.31. The number of aromatic nitrogens is 1. The number of hydrogen-bond donors (Lipinski definition) is 0. The van der Waals surface area contributed by atoms with Crippen LogP contribution < -0.4 is 0 Å². The Morgan fingerprint density at radius 1 is 1.39 bits per heavy atom. The minimum Gasteiger partial charge on any atom is -0.469 e. The van der Waals surface area contributed by atoms with Crippen LogP contribution in [0.1, 0.15) is 21.2 Å². The summed E-state index contributed by atoms with van der Waals surface area (Å²) in [5.41, 5.74) is 2.26. The van der Waals surface area contributed by atoms with E-state index in [1.807, 2.05) is 19.3 Å². The molecule has 2 aromatic heterocycles. The van der Waals surface area contributed by atoms with E-state index in [0.29, 0.717) is 0 Å². The molecule has 92 valence electrons. The van der Waals surface area contributed by atoms with E-state index in [0.717, 1.165) is 22.7 Å². The summed E-state index contributed by atoms with van der Waals surface area (Å²) in [6.45, 7) is 1.96. The lowest BCUT2D eigenvalue weighted by Gasteiger charge is -2.03. The Balaban J connectivity index is 1.83. The fourth-order valence-electron chi connectivity index (χ4n) is 1.91. The van der Waals surface area contributed by atoms with Crippen LogP contribution in [-0.2, 0) is 6.42 Å². The van der Waals surface area contributed by atoms with Crippen LogP contribution in [0, 0.1) is 6.92 Å². The number of aryl methyl sites for hydroxylation is 1. The molecule has 0 amide bonds. The van der Waals surface area contributed by atoms with Gasteiger partial charge in [-0.15, -0.1) is 11.3 Å². The largest absolute Gasteiger partial charge is 0.469 e. The van der Waals surface area contributed by atoms with Crippen molar-refractivity contribution in [3.05, 3.63) is 52.9 Å². The molecule has 0 fully saturated rings. The smallest absolute Gasteiger partial charge is 0.101 e. The molecular weight excluding hydrogens is 310 g/mol. The van der Waals surface area contributed by atoms with Crippen LogP contribution in [0.15, 0.2) is 41.0 Å². The van der Waals surface area contributed by atoms with Gasteiger partial charge >= 0.3 is 0 Å². The molecule has 0 radical (unpaired) electrons. The van der Waals surface area contributed by atoms with Crippen LogP contribution in [0.25, 0.3) is 10.2 Å². The number of thiazole rings is 1. The zero-order valence-corrected chi connectivity index (χ0v) is 12.3. The van der Waals surface area contributed by atoms with Gasteiger partial charge in [-0.25, -0.2) is 4.98 Å². The third-order valence-corrected chi connectivity index (χ3v) is 4.72. The topological polar surface area (TPSA) is 26.0 Å². The Kier molecular flexibility index (Phi) is 3.22. The van der Waals surface area contributed by atoms with Crippen LogP contribution in [0.4, 0.5) is 0 Å². The molecule has 2 nitrogen and oxygen atoms in total. The van der Waals surface area contributed by atoms with Gasteiger partial charge in [0.2, 0.25) is 0 Å². The van der Waals surface area contributed by atoms with E-state index in [2.05, 4.69) is 45.2 Å². The average molecular weight is 322 g/mol. The van der Waals surface area contributed by atoms with E-state index in [-0.39, 0.29) is 4.83 Å². The second-order valence-corrected chi connectivity index (χ2v) is 6.46. The monoisotopic (exact) mass is 321 g/mol. The molecular formula is C14H12BrNOS. The Labute approximate surface area is 118 Å². The summed E-state index contributed by atoms with van der Waals surface area (Å²) >= 11 is 5.46. The molecule has 0 bridgehead atoms. The van der Waals surface area contributed by atoms with Gasteiger partial charge in [0.05, 0.1) is 21.5 Å². The number of halogens is 1. The predicted octanol–water partition coefficient (Wildman–Crippen LogP) is 4.88. The maximum atomic E-state index is 5.34. The number of hydrogen-bond acceptors (Lipinski definition) is 3. The number of fused-ring (bicyclic) bond motifs is 1. The molecule has 1 aromatic carbocycles. The SMILES string of the molecule is Cc1cc(C(Br)Cc2nc3ccccc3s2)co1. The van der Waals surface area contributed by atoms with Gasteiger partial charge in [0.15, 0.2) is 0 Å². The Morgan fingerprint density at radius 2 is 2.22 bits per heavy atom. The van der Waals surface area contributed by atoms with Crippen molar-refractivity contribution in [1.29, 1.82) is 0 Å². The summed E-state index contributed by atoms with van der Waals surface area (Å²) in [5, 5.41) is 1.15. The van der Waals surface area contributed by atoms with Crippen LogP contribution in [-0.4, -0.2) is 4.98 Å². The van der Waals surface area contributed by atoms with Gasteiger partial charge in [0.25, 0.3) is 0 Å². The molecule has 0 saturated carbocycles. The van der Waals surface area contributed by atoms with E-state index in [1.165, 1.54) is 10.3 Å². The average Bonchev–Trinajstić information content (AvgIpc) is 2.94. The first kappa shape index (κ1) is 11.9. The van der Waals surface area contributed by atoms with Crippen molar-refractivity contribution in [2.24, 2.45) is 0 Å². The molecule has 1 unspecified atom stereocenters. The van der Waals surface area contributed by atoms with Crippen LogP contribution >= 0.6 is 27.3 Å². The first-order valence-corrected chi connectivity index (χ1v) is 7.49. The van der Waals surface area contributed by atoms with Crippen molar-refractivity contribution in [1.82, 2.24) is 4.98 Å². The Bertz CT molecular complexity index is 640. The summed E-state index contributed by atoms with van der Waals surface area (Å²) in [6, 6.07) is 10.3. The van der Waals surface area contributed by atoms with E-state index < -0.39 is 0 Å².